The van der Waals surface area contributed by atoms with Crippen LogP contribution in [0.1, 0.15) is 16.9 Å². The second kappa shape index (κ2) is 4.86. The van der Waals surface area contributed by atoms with Crippen molar-refractivity contribution in [2.24, 2.45) is 4.99 Å². The third-order valence-electron chi connectivity index (χ3n) is 2.67. The van der Waals surface area contributed by atoms with Gasteiger partial charge in [0.2, 0.25) is 0 Å². The minimum atomic E-state index is -0.543. The first kappa shape index (κ1) is 11.9. The number of carbonyl (C=O) groups is 1. The number of rotatable bonds is 2. The number of hydrogen-bond acceptors (Lipinski definition) is 5. The summed E-state index contributed by atoms with van der Waals surface area (Å²) in [5, 5.41) is 8.84. The van der Waals surface area contributed by atoms with E-state index in [1.807, 2.05) is 6.07 Å². The van der Waals surface area contributed by atoms with Crippen LogP contribution in [-0.4, -0.2) is 11.9 Å². The van der Waals surface area contributed by atoms with Crippen LogP contribution in [0, 0.1) is 11.3 Å². The van der Waals surface area contributed by atoms with Gasteiger partial charge in [0.05, 0.1) is 17.9 Å². The molecule has 0 bridgehead atoms. The summed E-state index contributed by atoms with van der Waals surface area (Å²) in [7, 11) is 0. The molecule has 0 saturated carbocycles. The number of furan rings is 1. The van der Waals surface area contributed by atoms with Crippen molar-refractivity contribution in [2.45, 2.75) is 0 Å². The lowest BCUT2D eigenvalue weighted by Gasteiger charge is -1.94. The molecular weight excluding hydrogens is 256 g/mol. The second-order valence-corrected chi connectivity index (χ2v) is 4.05. The van der Waals surface area contributed by atoms with Crippen LogP contribution in [0.2, 0.25) is 0 Å². The Kier molecular flexibility index (Phi) is 2.90. The van der Waals surface area contributed by atoms with Crippen molar-refractivity contribution in [3.63, 3.8) is 0 Å². The number of ether oxygens (including phenoxy) is 1. The molecule has 0 amide bonds. The second-order valence-electron chi connectivity index (χ2n) is 4.05. The fraction of sp³-hybridized carbons (Fsp3) is 0. The maximum atomic E-state index is 11.7. The molecule has 1 aromatic heterocycles. The zero-order chi connectivity index (χ0) is 13.9. The van der Waals surface area contributed by atoms with E-state index in [1.54, 1.807) is 42.5 Å². The number of nitrogens with zero attached hydrogens (tertiary/aromatic N) is 2. The van der Waals surface area contributed by atoms with Gasteiger partial charge in [-0.05, 0) is 35.9 Å². The van der Waals surface area contributed by atoms with Crippen molar-refractivity contribution in [1.82, 2.24) is 0 Å². The Hall–Kier alpha value is -3.13. The van der Waals surface area contributed by atoms with E-state index in [0.29, 0.717) is 16.9 Å². The molecule has 1 aliphatic heterocycles. The lowest BCUT2D eigenvalue weighted by atomic mass is 10.1. The molecule has 96 valence electrons. The van der Waals surface area contributed by atoms with Crippen LogP contribution >= 0.6 is 0 Å². The molecule has 1 aliphatic rings. The third-order valence-corrected chi connectivity index (χ3v) is 2.67. The molecule has 0 fully saturated rings. The molecule has 2 aromatic rings. The average Bonchev–Trinajstić information content (AvgIpc) is 3.10. The van der Waals surface area contributed by atoms with Gasteiger partial charge in [0.15, 0.2) is 11.5 Å². The van der Waals surface area contributed by atoms with E-state index in [0.717, 1.165) is 0 Å². The van der Waals surface area contributed by atoms with Crippen molar-refractivity contribution in [2.75, 3.05) is 0 Å². The Morgan fingerprint density at radius 3 is 2.90 bits per heavy atom. The molecule has 0 atom stereocenters. The van der Waals surface area contributed by atoms with Crippen LogP contribution in [0.5, 0.6) is 0 Å². The van der Waals surface area contributed by atoms with Crippen molar-refractivity contribution in [3.8, 4) is 6.07 Å². The molecule has 2 heterocycles. The molecule has 5 heteroatoms. The molecule has 0 unspecified atom stereocenters. The van der Waals surface area contributed by atoms with Crippen molar-refractivity contribution >= 4 is 17.9 Å². The summed E-state index contributed by atoms with van der Waals surface area (Å²) in [5.74, 6) is -0.00558. The van der Waals surface area contributed by atoms with Crippen LogP contribution in [0.15, 0.2) is 57.8 Å². The summed E-state index contributed by atoms with van der Waals surface area (Å²) in [4.78, 5) is 15.8. The average molecular weight is 264 g/mol. The SMILES string of the molecule is N#Cc1cccc(/C=C2/N=C(c3ccco3)OC2=O)c1. The summed E-state index contributed by atoms with van der Waals surface area (Å²) < 4.78 is 10.2. The lowest BCUT2D eigenvalue weighted by Crippen LogP contribution is -2.04. The molecule has 3 rings (SSSR count). The minimum Gasteiger partial charge on any atom is -0.459 e. The highest BCUT2D eigenvalue weighted by molar-refractivity contribution is 6.11. The number of nitriles is 1. The number of aliphatic imine (C=N–C) groups is 1. The quantitative estimate of drug-likeness (QED) is 0.616. The maximum absolute atomic E-state index is 11.7. The summed E-state index contributed by atoms with van der Waals surface area (Å²) in [6.07, 6.45) is 3.04. The number of carbonyl (C=O) groups excluding carboxylic acids is 1. The van der Waals surface area contributed by atoms with Gasteiger partial charge < -0.3 is 9.15 Å². The molecule has 0 radical (unpaired) electrons. The van der Waals surface area contributed by atoms with Crippen LogP contribution in [0.25, 0.3) is 6.08 Å². The van der Waals surface area contributed by atoms with Gasteiger partial charge in [-0.25, -0.2) is 9.79 Å². The summed E-state index contributed by atoms with van der Waals surface area (Å²) in [6, 6.07) is 12.3. The number of hydrogen-bond donors (Lipinski definition) is 0. The predicted molar refractivity (Wildman–Crippen MR) is 70.5 cm³/mol. The Balaban J connectivity index is 1.95. The highest BCUT2D eigenvalue weighted by atomic mass is 16.6. The summed E-state index contributed by atoms with van der Waals surface area (Å²) >= 11 is 0. The zero-order valence-corrected chi connectivity index (χ0v) is 10.2. The zero-order valence-electron chi connectivity index (χ0n) is 10.2. The molecular formula is C15H8N2O3. The topological polar surface area (TPSA) is 75.6 Å². The fourth-order valence-corrected chi connectivity index (χ4v) is 1.77. The van der Waals surface area contributed by atoms with Gasteiger partial charge in [-0.15, -0.1) is 0 Å². The third kappa shape index (κ3) is 2.22. The Labute approximate surface area is 114 Å². The van der Waals surface area contributed by atoms with E-state index in [1.165, 1.54) is 6.26 Å². The molecule has 0 N–H and O–H groups in total. The number of benzene rings is 1. The maximum Gasteiger partial charge on any atom is 0.363 e. The van der Waals surface area contributed by atoms with E-state index in [-0.39, 0.29) is 11.6 Å². The predicted octanol–water partition coefficient (Wildman–Crippen LogP) is 2.50. The van der Waals surface area contributed by atoms with Crippen molar-refractivity contribution in [1.29, 1.82) is 5.26 Å². The van der Waals surface area contributed by atoms with E-state index in [2.05, 4.69) is 4.99 Å². The molecule has 5 nitrogen and oxygen atoms in total. The van der Waals surface area contributed by atoms with Crippen molar-refractivity contribution in [3.05, 3.63) is 65.2 Å². The van der Waals surface area contributed by atoms with Gasteiger partial charge in [-0.1, -0.05) is 12.1 Å². The van der Waals surface area contributed by atoms with E-state index in [9.17, 15) is 4.79 Å². The van der Waals surface area contributed by atoms with E-state index < -0.39 is 5.97 Å². The molecule has 0 saturated heterocycles. The van der Waals surface area contributed by atoms with Crippen LogP contribution < -0.4 is 0 Å². The summed E-state index contributed by atoms with van der Waals surface area (Å²) in [6.45, 7) is 0. The number of cyclic esters (lactones) is 1. The largest absolute Gasteiger partial charge is 0.459 e. The molecule has 1 aromatic carbocycles. The minimum absolute atomic E-state index is 0.141. The molecule has 0 spiro atoms. The van der Waals surface area contributed by atoms with Crippen molar-refractivity contribution < 1.29 is 13.9 Å². The van der Waals surface area contributed by atoms with Gasteiger partial charge in [0.1, 0.15) is 0 Å². The Morgan fingerprint density at radius 2 is 2.15 bits per heavy atom. The first-order valence-corrected chi connectivity index (χ1v) is 5.83. The Bertz CT molecular complexity index is 765. The monoisotopic (exact) mass is 264 g/mol. The summed E-state index contributed by atoms with van der Waals surface area (Å²) in [5.41, 5.74) is 1.40. The van der Waals surface area contributed by atoms with Gasteiger partial charge in [-0.2, -0.15) is 5.26 Å². The van der Waals surface area contributed by atoms with Crippen LogP contribution in [0.3, 0.4) is 0 Å². The van der Waals surface area contributed by atoms with Gasteiger partial charge in [0.25, 0.3) is 5.90 Å². The Morgan fingerprint density at radius 1 is 1.25 bits per heavy atom. The first-order chi connectivity index (χ1) is 9.76. The fourth-order valence-electron chi connectivity index (χ4n) is 1.77. The van der Waals surface area contributed by atoms with Gasteiger partial charge in [0, 0.05) is 0 Å². The van der Waals surface area contributed by atoms with Gasteiger partial charge in [-0.3, -0.25) is 0 Å². The molecule has 0 aliphatic carbocycles. The smallest absolute Gasteiger partial charge is 0.363 e. The van der Waals surface area contributed by atoms with E-state index >= 15 is 0 Å². The number of esters is 1. The van der Waals surface area contributed by atoms with Crippen LogP contribution in [0.4, 0.5) is 0 Å². The standard InChI is InChI=1S/C15H8N2O3/c16-9-11-4-1-3-10(7-11)8-12-15(18)20-14(17-12)13-5-2-6-19-13/h1-8H/b12-8+. The normalized spacial score (nSPS) is 15.8. The van der Waals surface area contributed by atoms with Gasteiger partial charge >= 0.3 is 5.97 Å². The highest BCUT2D eigenvalue weighted by Crippen LogP contribution is 2.19. The van der Waals surface area contributed by atoms with Crippen LogP contribution in [-0.2, 0) is 9.53 Å². The van der Waals surface area contributed by atoms with E-state index in [4.69, 9.17) is 14.4 Å². The highest BCUT2D eigenvalue weighted by Gasteiger charge is 2.25. The first-order valence-electron chi connectivity index (χ1n) is 5.83. The molecule has 20 heavy (non-hydrogen) atoms. The lowest BCUT2D eigenvalue weighted by molar-refractivity contribution is -0.130.